The van der Waals surface area contributed by atoms with Crippen LogP contribution < -0.4 is 5.73 Å². The summed E-state index contributed by atoms with van der Waals surface area (Å²) in [6.07, 6.45) is 4.52. The molecular weight excluding hydrogens is 238 g/mol. The number of oxime groups is 1. The Hall–Kier alpha value is -1.97. The van der Waals surface area contributed by atoms with Crippen molar-refractivity contribution in [3.63, 3.8) is 0 Å². The molecule has 0 spiro atoms. The van der Waals surface area contributed by atoms with Gasteiger partial charge in [0.05, 0.1) is 0 Å². The van der Waals surface area contributed by atoms with E-state index in [1.807, 2.05) is 18.2 Å². The smallest absolute Gasteiger partial charge is 0.170 e. The second-order valence-corrected chi connectivity index (χ2v) is 5.30. The van der Waals surface area contributed by atoms with Crippen molar-refractivity contribution in [3.05, 3.63) is 36.0 Å². The minimum Gasteiger partial charge on any atom is -0.409 e. The fourth-order valence-corrected chi connectivity index (χ4v) is 2.28. The summed E-state index contributed by atoms with van der Waals surface area (Å²) in [5.41, 5.74) is 7.54. The lowest BCUT2D eigenvalue weighted by atomic mass is 10.1. The summed E-state index contributed by atoms with van der Waals surface area (Å²) in [5.74, 6) is 0.892. The summed E-state index contributed by atoms with van der Waals surface area (Å²) in [6, 6.07) is 7.93. The Morgan fingerprint density at radius 3 is 2.84 bits per heavy atom. The minimum atomic E-state index is 0.148. The first kappa shape index (κ1) is 13.5. The van der Waals surface area contributed by atoms with Crippen LogP contribution in [-0.4, -0.2) is 15.6 Å². The van der Waals surface area contributed by atoms with Crippen LogP contribution in [0.5, 0.6) is 0 Å². The number of rotatable bonds is 5. The van der Waals surface area contributed by atoms with Gasteiger partial charge in [-0.15, -0.1) is 0 Å². The number of nitrogens with two attached hydrogens (primary N) is 1. The summed E-state index contributed by atoms with van der Waals surface area (Å²) >= 11 is 0. The third-order valence-corrected chi connectivity index (χ3v) is 3.35. The van der Waals surface area contributed by atoms with Crippen LogP contribution in [0.4, 0.5) is 0 Å². The third kappa shape index (κ3) is 3.08. The van der Waals surface area contributed by atoms with E-state index in [0.29, 0.717) is 0 Å². The van der Waals surface area contributed by atoms with E-state index in [4.69, 9.17) is 10.9 Å². The Balaban J connectivity index is 2.20. The monoisotopic (exact) mass is 259 g/mol. The average Bonchev–Trinajstić information content (AvgIpc) is 2.80. The van der Waals surface area contributed by atoms with Crippen LogP contribution >= 0.6 is 0 Å². The SMILES string of the molecule is CC(C)CCCn1ccc2cc(/C(N)=N/O)ccc21. The normalized spacial score (nSPS) is 12.5. The summed E-state index contributed by atoms with van der Waals surface area (Å²) in [7, 11) is 0. The number of nitrogens with zero attached hydrogens (tertiary/aromatic N) is 2. The predicted octanol–water partition coefficient (Wildman–Crippen LogP) is 3.17. The molecule has 0 amide bonds. The molecule has 0 saturated carbocycles. The van der Waals surface area contributed by atoms with Crippen molar-refractivity contribution in [1.82, 2.24) is 4.57 Å². The predicted molar refractivity (Wildman–Crippen MR) is 78.5 cm³/mol. The molecule has 4 heteroatoms. The van der Waals surface area contributed by atoms with Gasteiger partial charge in [0.15, 0.2) is 5.84 Å². The summed E-state index contributed by atoms with van der Waals surface area (Å²) in [5, 5.41) is 12.8. The van der Waals surface area contributed by atoms with Gasteiger partial charge in [-0.3, -0.25) is 0 Å². The van der Waals surface area contributed by atoms with E-state index >= 15 is 0 Å². The first-order chi connectivity index (χ1) is 9.11. The second kappa shape index (κ2) is 5.78. The van der Waals surface area contributed by atoms with Crippen molar-refractivity contribution < 1.29 is 5.21 Å². The number of aryl methyl sites for hydroxylation is 1. The first-order valence-corrected chi connectivity index (χ1v) is 6.68. The lowest BCUT2D eigenvalue weighted by Crippen LogP contribution is -2.12. The van der Waals surface area contributed by atoms with Crippen LogP contribution in [0.3, 0.4) is 0 Å². The zero-order chi connectivity index (χ0) is 13.8. The molecule has 1 aromatic carbocycles. The van der Waals surface area contributed by atoms with Gasteiger partial charge in [0.25, 0.3) is 0 Å². The fraction of sp³-hybridized carbons (Fsp3) is 0.400. The molecule has 1 heterocycles. The van der Waals surface area contributed by atoms with Gasteiger partial charge in [0, 0.05) is 29.2 Å². The van der Waals surface area contributed by atoms with E-state index < -0.39 is 0 Å². The number of hydrogen-bond acceptors (Lipinski definition) is 2. The van der Waals surface area contributed by atoms with Crippen molar-refractivity contribution in [3.8, 4) is 0 Å². The summed E-state index contributed by atoms with van der Waals surface area (Å²) in [4.78, 5) is 0. The highest BCUT2D eigenvalue weighted by atomic mass is 16.4. The molecule has 0 atom stereocenters. The van der Waals surface area contributed by atoms with Gasteiger partial charge in [-0.2, -0.15) is 0 Å². The van der Waals surface area contributed by atoms with Gasteiger partial charge < -0.3 is 15.5 Å². The summed E-state index contributed by atoms with van der Waals surface area (Å²) < 4.78 is 2.26. The highest BCUT2D eigenvalue weighted by Gasteiger charge is 2.05. The molecule has 1 aromatic heterocycles. The maximum atomic E-state index is 8.69. The molecule has 0 bridgehead atoms. The van der Waals surface area contributed by atoms with Crippen LogP contribution in [0.15, 0.2) is 35.6 Å². The molecule has 0 fully saturated rings. The van der Waals surface area contributed by atoms with Crippen LogP contribution in [0, 0.1) is 5.92 Å². The van der Waals surface area contributed by atoms with Gasteiger partial charge in [-0.1, -0.05) is 19.0 Å². The number of fused-ring (bicyclic) bond motifs is 1. The molecule has 0 unspecified atom stereocenters. The Bertz CT molecular complexity index is 584. The van der Waals surface area contributed by atoms with Gasteiger partial charge in [-0.25, -0.2) is 0 Å². The molecule has 2 rings (SSSR count). The summed E-state index contributed by atoms with van der Waals surface area (Å²) in [6.45, 7) is 5.53. The van der Waals surface area contributed by atoms with E-state index in [1.54, 1.807) is 0 Å². The van der Waals surface area contributed by atoms with Crippen LogP contribution in [0.1, 0.15) is 32.3 Å². The fourth-order valence-electron chi connectivity index (χ4n) is 2.28. The largest absolute Gasteiger partial charge is 0.409 e. The van der Waals surface area contributed by atoms with Crippen molar-refractivity contribution >= 4 is 16.7 Å². The number of hydrogen-bond donors (Lipinski definition) is 2. The van der Waals surface area contributed by atoms with Gasteiger partial charge in [-0.05, 0) is 43.0 Å². The lowest BCUT2D eigenvalue weighted by molar-refractivity contribution is 0.318. The van der Waals surface area contributed by atoms with Crippen molar-refractivity contribution in [1.29, 1.82) is 0 Å². The second-order valence-electron chi connectivity index (χ2n) is 5.30. The van der Waals surface area contributed by atoms with Crippen LogP contribution in [0.25, 0.3) is 10.9 Å². The maximum absolute atomic E-state index is 8.69. The van der Waals surface area contributed by atoms with Crippen molar-refractivity contribution in [2.24, 2.45) is 16.8 Å². The average molecular weight is 259 g/mol. The topological polar surface area (TPSA) is 63.5 Å². The lowest BCUT2D eigenvalue weighted by Gasteiger charge is -2.07. The zero-order valence-electron chi connectivity index (χ0n) is 11.5. The minimum absolute atomic E-state index is 0.148. The van der Waals surface area contributed by atoms with Crippen molar-refractivity contribution in [2.45, 2.75) is 33.2 Å². The molecule has 102 valence electrons. The van der Waals surface area contributed by atoms with Gasteiger partial charge >= 0.3 is 0 Å². The standard InChI is InChI=1S/C15H21N3O/c1-11(2)4-3-8-18-9-7-12-10-13(15(16)17-19)5-6-14(12)18/h5-7,9-11,19H,3-4,8H2,1-2H3,(H2,16,17). The molecule has 2 aromatic rings. The van der Waals surface area contributed by atoms with E-state index in [0.717, 1.165) is 23.4 Å². The van der Waals surface area contributed by atoms with E-state index in [9.17, 15) is 0 Å². The molecule has 0 radical (unpaired) electrons. The molecule has 19 heavy (non-hydrogen) atoms. The Kier molecular flexibility index (Phi) is 4.10. The number of aromatic nitrogens is 1. The molecule has 0 saturated heterocycles. The van der Waals surface area contributed by atoms with Crippen molar-refractivity contribution in [2.75, 3.05) is 0 Å². The van der Waals surface area contributed by atoms with Crippen LogP contribution in [0.2, 0.25) is 0 Å². The highest BCUT2D eigenvalue weighted by molar-refractivity contribution is 6.00. The van der Waals surface area contributed by atoms with Gasteiger partial charge in [0.1, 0.15) is 0 Å². The molecule has 0 aliphatic rings. The quantitative estimate of drug-likeness (QED) is 0.375. The van der Waals surface area contributed by atoms with E-state index in [2.05, 4.69) is 35.8 Å². The van der Waals surface area contributed by atoms with Crippen LogP contribution in [-0.2, 0) is 6.54 Å². The number of amidine groups is 1. The maximum Gasteiger partial charge on any atom is 0.170 e. The molecule has 0 aliphatic heterocycles. The highest BCUT2D eigenvalue weighted by Crippen LogP contribution is 2.19. The Morgan fingerprint density at radius 2 is 2.16 bits per heavy atom. The molecule has 4 nitrogen and oxygen atoms in total. The zero-order valence-corrected chi connectivity index (χ0v) is 11.5. The number of benzene rings is 1. The van der Waals surface area contributed by atoms with E-state index in [1.165, 1.54) is 18.4 Å². The first-order valence-electron chi connectivity index (χ1n) is 6.68. The molecule has 3 N–H and O–H groups in total. The van der Waals surface area contributed by atoms with E-state index in [-0.39, 0.29) is 5.84 Å². The van der Waals surface area contributed by atoms with Gasteiger partial charge in [0.2, 0.25) is 0 Å². The Morgan fingerprint density at radius 1 is 1.37 bits per heavy atom. The Labute approximate surface area is 113 Å². The third-order valence-electron chi connectivity index (χ3n) is 3.35. The molecule has 0 aliphatic carbocycles. The molecular formula is C15H21N3O.